The molecule has 0 saturated carbocycles. The molecule has 0 aliphatic carbocycles. The molecule has 1 heterocycles. The van der Waals surface area contributed by atoms with Gasteiger partial charge in [0.2, 0.25) is 0 Å². The second-order valence-corrected chi connectivity index (χ2v) is 4.45. The highest BCUT2D eigenvalue weighted by molar-refractivity contribution is 5.34. The fraction of sp³-hybridized carbons (Fsp3) is 0.400. The molecule has 108 valence electrons. The van der Waals surface area contributed by atoms with Crippen molar-refractivity contribution in [2.24, 2.45) is 0 Å². The first-order valence-electron chi connectivity index (χ1n) is 6.79. The maximum atomic E-state index is 14.3. The summed E-state index contributed by atoms with van der Waals surface area (Å²) in [5.74, 6) is 0.240. The molecule has 1 aromatic heterocycles. The molecule has 5 heteroatoms. The minimum Gasteiger partial charge on any atom is -0.497 e. The van der Waals surface area contributed by atoms with Crippen LogP contribution in [0.2, 0.25) is 0 Å². The van der Waals surface area contributed by atoms with Gasteiger partial charge in [0.25, 0.3) is 0 Å². The number of halogens is 1. The molecule has 1 unspecified atom stereocenters. The third-order valence-corrected chi connectivity index (χ3v) is 3.27. The minimum absolute atomic E-state index is 0.214. The smallest absolute Gasteiger partial charge is 0.132 e. The quantitative estimate of drug-likeness (QED) is 0.882. The summed E-state index contributed by atoms with van der Waals surface area (Å²) in [7, 11) is 1.53. The van der Waals surface area contributed by atoms with Crippen LogP contribution >= 0.6 is 0 Å². The maximum absolute atomic E-state index is 14.3. The van der Waals surface area contributed by atoms with Crippen molar-refractivity contribution < 1.29 is 9.13 Å². The van der Waals surface area contributed by atoms with E-state index in [1.165, 1.54) is 13.2 Å². The van der Waals surface area contributed by atoms with Crippen LogP contribution in [0.15, 0.2) is 30.5 Å². The highest BCUT2D eigenvalue weighted by atomic mass is 19.1. The third kappa shape index (κ3) is 2.82. The fourth-order valence-electron chi connectivity index (χ4n) is 2.30. The summed E-state index contributed by atoms with van der Waals surface area (Å²) < 4.78 is 21.2. The standard InChI is InChI=1S/C15H20FN3O/c1-4-17-15(14-8-9-18-19(14)5-2)12-7-6-11(20-3)10-13(12)16/h6-10,15,17H,4-5H2,1-3H3. The number of aryl methyl sites for hydroxylation is 1. The number of nitrogens with one attached hydrogen (secondary N) is 1. The molecule has 0 aliphatic rings. The largest absolute Gasteiger partial charge is 0.497 e. The summed E-state index contributed by atoms with van der Waals surface area (Å²) in [6, 6.07) is 6.64. The lowest BCUT2D eigenvalue weighted by Crippen LogP contribution is -2.25. The first-order chi connectivity index (χ1) is 9.71. The molecular formula is C15H20FN3O. The molecule has 1 N–H and O–H groups in total. The van der Waals surface area contributed by atoms with Crippen LogP contribution in [0, 0.1) is 5.82 Å². The molecule has 0 radical (unpaired) electrons. The Kier molecular flexibility index (Phi) is 4.74. The first-order valence-corrected chi connectivity index (χ1v) is 6.79. The second-order valence-electron chi connectivity index (χ2n) is 4.45. The first kappa shape index (κ1) is 14.5. The predicted octanol–water partition coefficient (Wildman–Crippen LogP) is 2.75. The lowest BCUT2D eigenvalue weighted by molar-refractivity contribution is 0.409. The monoisotopic (exact) mass is 277 g/mol. The van der Waals surface area contributed by atoms with Crippen molar-refractivity contribution in [3.8, 4) is 5.75 Å². The number of benzene rings is 1. The Labute approximate surface area is 118 Å². The SMILES string of the molecule is CCNC(c1ccc(OC)cc1F)c1ccnn1CC. The van der Waals surface area contributed by atoms with E-state index < -0.39 is 0 Å². The van der Waals surface area contributed by atoms with E-state index >= 15 is 0 Å². The van der Waals surface area contributed by atoms with Gasteiger partial charge in [-0.1, -0.05) is 13.0 Å². The Balaban J connectivity index is 2.43. The van der Waals surface area contributed by atoms with Gasteiger partial charge in [-0.2, -0.15) is 5.10 Å². The zero-order valence-electron chi connectivity index (χ0n) is 12.1. The van der Waals surface area contributed by atoms with Gasteiger partial charge in [0.15, 0.2) is 0 Å². The van der Waals surface area contributed by atoms with Crippen molar-refractivity contribution in [2.45, 2.75) is 26.4 Å². The van der Waals surface area contributed by atoms with Gasteiger partial charge in [0.1, 0.15) is 11.6 Å². The molecule has 0 amide bonds. The van der Waals surface area contributed by atoms with Crippen molar-refractivity contribution >= 4 is 0 Å². The number of nitrogens with zero attached hydrogens (tertiary/aromatic N) is 2. The zero-order chi connectivity index (χ0) is 14.5. The van der Waals surface area contributed by atoms with Gasteiger partial charge in [-0.3, -0.25) is 4.68 Å². The molecule has 0 spiro atoms. The van der Waals surface area contributed by atoms with E-state index in [0.717, 1.165) is 18.8 Å². The number of hydrogen-bond acceptors (Lipinski definition) is 3. The van der Waals surface area contributed by atoms with E-state index in [9.17, 15) is 4.39 Å². The van der Waals surface area contributed by atoms with Gasteiger partial charge < -0.3 is 10.1 Å². The molecule has 2 rings (SSSR count). The molecule has 20 heavy (non-hydrogen) atoms. The van der Waals surface area contributed by atoms with Crippen LogP contribution in [0.4, 0.5) is 4.39 Å². The Morgan fingerprint density at radius 2 is 2.15 bits per heavy atom. The fourth-order valence-corrected chi connectivity index (χ4v) is 2.30. The van der Waals surface area contributed by atoms with Crippen LogP contribution in [0.5, 0.6) is 5.75 Å². The van der Waals surface area contributed by atoms with Gasteiger partial charge >= 0.3 is 0 Å². The molecule has 0 aliphatic heterocycles. The molecule has 1 atom stereocenters. The van der Waals surface area contributed by atoms with Crippen LogP contribution in [0.3, 0.4) is 0 Å². The average Bonchev–Trinajstić information content (AvgIpc) is 2.93. The van der Waals surface area contributed by atoms with Gasteiger partial charge in [-0.15, -0.1) is 0 Å². The van der Waals surface area contributed by atoms with E-state index in [1.807, 2.05) is 24.6 Å². The summed E-state index contributed by atoms with van der Waals surface area (Å²) in [5, 5.41) is 7.57. The van der Waals surface area contributed by atoms with E-state index in [4.69, 9.17) is 4.74 Å². The van der Waals surface area contributed by atoms with E-state index in [1.54, 1.807) is 18.3 Å². The average molecular weight is 277 g/mol. The molecule has 2 aromatic rings. The molecule has 4 nitrogen and oxygen atoms in total. The molecule has 1 aromatic carbocycles. The van der Waals surface area contributed by atoms with Crippen molar-refractivity contribution in [1.29, 1.82) is 0 Å². The van der Waals surface area contributed by atoms with Gasteiger partial charge in [0, 0.05) is 24.4 Å². The minimum atomic E-state index is -0.279. The highest BCUT2D eigenvalue weighted by Gasteiger charge is 2.20. The van der Waals surface area contributed by atoms with Gasteiger partial charge in [-0.25, -0.2) is 4.39 Å². The van der Waals surface area contributed by atoms with Gasteiger partial charge in [-0.05, 0) is 25.6 Å². The maximum Gasteiger partial charge on any atom is 0.132 e. The molecule has 0 fully saturated rings. The van der Waals surface area contributed by atoms with E-state index in [0.29, 0.717) is 11.3 Å². The number of rotatable bonds is 6. The van der Waals surface area contributed by atoms with Crippen LogP contribution in [-0.4, -0.2) is 23.4 Å². The van der Waals surface area contributed by atoms with Crippen LogP contribution < -0.4 is 10.1 Å². The van der Waals surface area contributed by atoms with Gasteiger partial charge in [0.05, 0.1) is 18.8 Å². The Hall–Kier alpha value is -1.88. The third-order valence-electron chi connectivity index (χ3n) is 3.27. The molecule has 0 bridgehead atoms. The second kappa shape index (κ2) is 6.52. The van der Waals surface area contributed by atoms with Crippen LogP contribution in [0.25, 0.3) is 0 Å². The summed E-state index contributed by atoms with van der Waals surface area (Å²) >= 11 is 0. The lowest BCUT2D eigenvalue weighted by Gasteiger charge is -2.20. The molecule has 0 saturated heterocycles. The summed E-state index contributed by atoms with van der Waals surface area (Å²) in [4.78, 5) is 0. The predicted molar refractivity (Wildman–Crippen MR) is 76.4 cm³/mol. The number of methoxy groups -OCH3 is 1. The zero-order valence-corrected chi connectivity index (χ0v) is 12.1. The van der Waals surface area contributed by atoms with E-state index in [-0.39, 0.29) is 11.9 Å². The highest BCUT2D eigenvalue weighted by Crippen LogP contribution is 2.27. The van der Waals surface area contributed by atoms with Crippen molar-refractivity contribution in [3.05, 3.63) is 47.5 Å². The summed E-state index contributed by atoms with van der Waals surface area (Å²) in [6.45, 7) is 5.51. The lowest BCUT2D eigenvalue weighted by atomic mass is 10.0. The molecular weight excluding hydrogens is 257 g/mol. The van der Waals surface area contributed by atoms with Crippen LogP contribution in [0.1, 0.15) is 31.1 Å². The van der Waals surface area contributed by atoms with E-state index in [2.05, 4.69) is 10.4 Å². The van der Waals surface area contributed by atoms with Crippen molar-refractivity contribution in [3.63, 3.8) is 0 Å². The van der Waals surface area contributed by atoms with Crippen molar-refractivity contribution in [2.75, 3.05) is 13.7 Å². The number of ether oxygens (including phenoxy) is 1. The Bertz CT molecular complexity index is 568. The number of hydrogen-bond donors (Lipinski definition) is 1. The topological polar surface area (TPSA) is 39.1 Å². The normalized spacial score (nSPS) is 12.4. The van der Waals surface area contributed by atoms with Crippen molar-refractivity contribution in [1.82, 2.24) is 15.1 Å². The summed E-state index contributed by atoms with van der Waals surface area (Å²) in [5.41, 5.74) is 1.56. The summed E-state index contributed by atoms with van der Waals surface area (Å²) in [6.07, 6.45) is 1.74. The Morgan fingerprint density at radius 1 is 1.35 bits per heavy atom. The van der Waals surface area contributed by atoms with Crippen LogP contribution in [-0.2, 0) is 6.54 Å². The Morgan fingerprint density at radius 3 is 2.75 bits per heavy atom. The number of aromatic nitrogens is 2.